The zero-order valence-corrected chi connectivity index (χ0v) is 10.9. The first-order valence-corrected chi connectivity index (χ1v) is 6.89. The van der Waals surface area contributed by atoms with Gasteiger partial charge >= 0.3 is 5.69 Å². The normalized spacial score (nSPS) is 16.2. The van der Waals surface area contributed by atoms with Crippen LogP contribution in [-0.2, 0) is 0 Å². The highest BCUT2D eigenvalue weighted by molar-refractivity contribution is 7.99. The van der Waals surface area contributed by atoms with E-state index < -0.39 is 4.92 Å². The molecule has 2 heterocycles. The topological polar surface area (TPSA) is 84.2 Å². The molecular weight excluding hydrogens is 254 g/mol. The SMILES string of the molecule is CNc1ncnc(N2CCCSCC2)c1[N+](=O)[O-]. The van der Waals surface area contributed by atoms with Gasteiger partial charge in [0, 0.05) is 25.9 Å². The van der Waals surface area contributed by atoms with Gasteiger partial charge in [0.05, 0.1) is 4.92 Å². The van der Waals surface area contributed by atoms with Gasteiger partial charge in [0.1, 0.15) is 6.33 Å². The lowest BCUT2D eigenvalue weighted by Gasteiger charge is -2.20. The Morgan fingerprint density at radius 1 is 1.44 bits per heavy atom. The van der Waals surface area contributed by atoms with Crippen LogP contribution < -0.4 is 10.2 Å². The Kier molecular flexibility index (Phi) is 4.19. The Morgan fingerprint density at radius 2 is 2.28 bits per heavy atom. The predicted molar refractivity (Wildman–Crippen MR) is 72.4 cm³/mol. The summed E-state index contributed by atoms with van der Waals surface area (Å²) in [4.78, 5) is 20.7. The van der Waals surface area contributed by atoms with E-state index in [9.17, 15) is 10.1 Å². The maximum absolute atomic E-state index is 11.2. The van der Waals surface area contributed by atoms with E-state index in [-0.39, 0.29) is 11.5 Å². The first-order valence-electron chi connectivity index (χ1n) is 5.74. The van der Waals surface area contributed by atoms with Crippen LogP contribution in [-0.4, -0.2) is 46.5 Å². The molecule has 0 aliphatic carbocycles. The molecule has 0 amide bonds. The molecule has 1 aliphatic heterocycles. The molecular formula is C10H15N5O2S. The number of thioether (sulfide) groups is 1. The molecule has 8 heteroatoms. The second kappa shape index (κ2) is 5.85. The fourth-order valence-corrected chi connectivity index (χ4v) is 2.80. The average molecular weight is 269 g/mol. The lowest BCUT2D eigenvalue weighted by molar-refractivity contribution is -0.383. The molecule has 98 valence electrons. The van der Waals surface area contributed by atoms with Crippen LogP contribution in [0.15, 0.2) is 6.33 Å². The first-order chi connectivity index (χ1) is 8.74. The number of hydrogen-bond acceptors (Lipinski definition) is 7. The highest BCUT2D eigenvalue weighted by atomic mass is 32.2. The molecule has 0 radical (unpaired) electrons. The van der Waals surface area contributed by atoms with Crippen molar-refractivity contribution in [3.63, 3.8) is 0 Å². The van der Waals surface area contributed by atoms with Crippen LogP contribution in [0.25, 0.3) is 0 Å². The third-order valence-corrected chi connectivity index (χ3v) is 3.79. The van der Waals surface area contributed by atoms with Crippen molar-refractivity contribution in [2.24, 2.45) is 0 Å². The molecule has 0 atom stereocenters. The Hall–Kier alpha value is -1.57. The van der Waals surface area contributed by atoms with Crippen LogP contribution in [0.2, 0.25) is 0 Å². The van der Waals surface area contributed by atoms with Crippen molar-refractivity contribution < 1.29 is 4.92 Å². The smallest absolute Gasteiger partial charge is 0.353 e. The number of hydrogen-bond donors (Lipinski definition) is 1. The van der Waals surface area contributed by atoms with E-state index in [4.69, 9.17) is 0 Å². The highest BCUT2D eigenvalue weighted by Crippen LogP contribution is 2.32. The molecule has 1 saturated heterocycles. The van der Waals surface area contributed by atoms with E-state index in [1.54, 1.807) is 7.05 Å². The fraction of sp³-hybridized carbons (Fsp3) is 0.600. The molecule has 1 aromatic heterocycles. The molecule has 2 rings (SSSR count). The van der Waals surface area contributed by atoms with E-state index in [0.717, 1.165) is 31.0 Å². The van der Waals surface area contributed by atoms with Crippen molar-refractivity contribution in [2.75, 3.05) is 41.9 Å². The summed E-state index contributed by atoms with van der Waals surface area (Å²) in [5.74, 6) is 2.74. The maximum atomic E-state index is 11.2. The summed E-state index contributed by atoms with van der Waals surface area (Å²) in [6.07, 6.45) is 2.38. The number of nitrogens with one attached hydrogen (secondary N) is 1. The third kappa shape index (κ3) is 2.63. The van der Waals surface area contributed by atoms with Gasteiger partial charge in [-0.3, -0.25) is 10.1 Å². The molecule has 0 unspecified atom stereocenters. The van der Waals surface area contributed by atoms with Gasteiger partial charge in [-0.25, -0.2) is 9.97 Å². The minimum atomic E-state index is -0.417. The molecule has 1 aromatic rings. The first kappa shape index (κ1) is 12.9. The zero-order chi connectivity index (χ0) is 13.0. The van der Waals surface area contributed by atoms with Gasteiger partial charge in [-0.15, -0.1) is 0 Å². The minimum absolute atomic E-state index is 0.0353. The van der Waals surface area contributed by atoms with Crippen LogP contribution in [0.3, 0.4) is 0 Å². The molecule has 1 N–H and O–H groups in total. The van der Waals surface area contributed by atoms with Crippen LogP contribution >= 0.6 is 11.8 Å². The van der Waals surface area contributed by atoms with Gasteiger partial charge < -0.3 is 10.2 Å². The van der Waals surface area contributed by atoms with Crippen molar-refractivity contribution in [1.82, 2.24) is 9.97 Å². The summed E-state index contributed by atoms with van der Waals surface area (Å²) in [5.41, 5.74) is -0.0353. The minimum Gasteiger partial charge on any atom is -0.367 e. The Morgan fingerprint density at radius 3 is 3.00 bits per heavy atom. The maximum Gasteiger partial charge on any atom is 0.353 e. The summed E-state index contributed by atoms with van der Waals surface area (Å²) >= 11 is 1.87. The van der Waals surface area contributed by atoms with E-state index in [1.807, 2.05) is 16.7 Å². The van der Waals surface area contributed by atoms with Crippen LogP contribution in [0.5, 0.6) is 0 Å². The lowest BCUT2D eigenvalue weighted by Crippen LogP contribution is -2.27. The van der Waals surface area contributed by atoms with Gasteiger partial charge in [-0.2, -0.15) is 11.8 Å². The summed E-state index contributed by atoms with van der Waals surface area (Å²) in [7, 11) is 1.62. The molecule has 0 aromatic carbocycles. The monoisotopic (exact) mass is 269 g/mol. The van der Waals surface area contributed by atoms with E-state index in [2.05, 4.69) is 15.3 Å². The number of nitro groups is 1. The summed E-state index contributed by atoms with van der Waals surface area (Å²) in [6, 6.07) is 0. The molecule has 1 fully saturated rings. The van der Waals surface area contributed by atoms with Gasteiger partial charge in [0.2, 0.25) is 11.6 Å². The van der Waals surface area contributed by atoms with Crippen molar-refractivity contribution in [1.29, 1.82) is 0 Å². The van der Waals surface area contributed by atoms with Crippen molar-refractivity contribution in [2.45, 2.75) is 6.42 Å². The van der Waals surface area contributed by atoms with E-state index in [1.165, 1.54) is 6.33 Å². The van der Waals surface area contributed by atoms with E-state index >= 15 is 0 Å². The molecule has 0 bridgehead atoms. The van der Waals surface area contributed by atoms with Gasteiger partial charge in [-0.1, -0.05) is 0 Å². The average Bonchev–Trinajstić information content (AvgIpc) is 2.66. The molecule has 7 nitrogen and oxygen atoms in total. The standard InChI is InChI=1S/C10H15N5O2S/c1-11-9-8(15(16)17)10(13-7-12-9)14-3-2-5-18-6-4-14/h7H,2-6H2,1H3,(H,11,12,13). The lowest BCUT2D eigenvalue weighted by atomic mass is 10.3. The van der Waals surface area contributed by atoms with Crippen molar-refractivity contribution in [3.05, 3.63) is 16.4 Å². The predicted octanol–water partition coefficient (Wildman–Crippen LogP) is 1.37. The van der Waals surface area contributed by atoms with Crippen molar-refractivity contribution >= 4 is 29.1 Å². The molecule has 1 aliphatic rings. The van der Waals surface area contributed by atoms with Crippen LogP contribution in [0, 0.1) is 10.1 Å². The van der Waals surface area contributed by atoms with Gasteiger partial charge in [0.25, 0.3) is 0 Å². The zero-order valence-electron chi connectivity index (χ0n) is 10.1. The molecule has 18 heavy (non-hydrogen) atoms. The quantitative estimate of drug-likeness (QED) is 0.655. The van der Waals surface area contributed by atoms with Crippen LogP contribution in [0.4, 0.5) is 17.3 Å². The van der Waals surface area contributed by atoms with Crippen molar-refractivity contribution in [3.8, 4) is 0 Å². The number of aromatic nitrogens is 2. The third-order valence-electron chi connectivity index (χ3n) is 2.74. The molecule has 0 saturated carbocycles. The Bertz CT molecular complexity index is 434. The number of nitrogens with zero attached hydrogens (tertiary/aromatic N) is 4. The van der Waals surface area contributed by atoms with Crippen LogP contribution in [0.1, 0.15) is 6.42 Å². The second-order valence-electron chi connectivity index (χ2n) is 3.85. The van der Waals surface area contributed by atoms with Gasteiger partial charge in [0.15, 0.2) is 0 Å². The highest BCUT2D eigenvalue weighted by Gasteiger charge is 2.26. The second-order valence-corrected chi connectivity index (χ2v) is 5.08. The number of anilines is 2. The summed E-state index contributed by atoms with van der Waals surface area (Å²) in [6.45, 7) is 1.58. The Balaban J connectivity index is 2.38. The van der Waals surface area contributed by atoms with Gasteiger partial charge in [-0.05, 0) is 12.2 Å². The summed E-state index contributed by atoms with van der Waals surface area (Å²) in [5, 5.41) is 13.9. The molecule has 0 spiro atoms. The fourth-order valence-electron chi connectivity index (χ4n) is 1.91. The number of rotatable bonds is 3. The van der Waals surface area contributed by atoms with E-state index in [0.29, 0.717) is 5.82 Å². The largest absolute Gasteiger partial charge is 0.367 e. The summed E-state index contributed by atoms with van der Waals surface area (Å²) < 4.78 is 0. The Labute approximate surface area is 109 Å².